The summed E-state index contributed by atoms with van der Waals surface area (Å²) in [7, 11) is 1.65. The first-order valence-corrected chi connectivity index (χ1v) is 12.7. The topological polar surface area (TPSA) is 69.0 Å². The molecule has 0 unspecified atom stereocenters. The molecule has 5 rings (SSSR count). The van der Waals surface area contributed by atoms with Gasteiger partial charge in [0.25, 0.3) is 0 Å². The molecular formula is C25H24N4O2S2. The van der Waals surface area contributed by atoms with Gasteiger partial charge in [-0.15, -0.1) is 21.5 Å². The lowest BCUT2D eigenvalue weighted by Crippen LogP contribution is -2.32. The van der Waals surface area contributed by atoms with Gasteiger partial charge in [0.1, 0.15) is 5.75 Å². The van der Waals surface area contributed by atoms with E-state index in [-0.39, 0.29) is 17.7 Å². The van der Waals surface area contributed by atoms with Crippen molar-refractivity contribution in [2.75, 3.05) is 12.9 Å². The molecule has 0 spiro atoms. The minimum atomic E-state index is -0.00560. The number of hydrogen-bond donors (Lipinski definition) is 1. The number of ether oxygens (including phenoxy) is 1. The van der Waals surface area contributed by atoms with Gasteiger partial charge < -0.3 is 10.1 Å². The van der Waals surface area contributed by atoms with Crippen molar-refractivity contribution in [3.8, 4) is 22.1 Å². The standard InChI is InChI=1S/C25H24N4O2S2/c1-31-21-13-5-4-12-20(21)29-24(22-14-7-15-32-22)27-28-25(29)33-16-23(30)26-19-11-6-9-17-8-2-3-10-18(17)19/h2-5,7-8,10,12-15,19H,6,9,11,16H2,1H3,(H,26,30)/t19-/m1/s1. The Morgan fingerprint density at radius 3 is 2.85 bits per heavy atom. The maximum absolute atomic E-state index is 12.9. The summed E-state index contributed by atoms with van der Waals surface area (Å²) in [4.78, 5) is 13.9. The Bertz CT molecular complexity index is 1250. The van der Waals surface area contributed by atoms with Crippen LogP contribution < -0.4 is 10.1 Å². The van der Waals surface area contributed by atoms with E-state index >= 15 is 0 Å². The minimum absolute atomic E-state index is 0.00560. The van der Waals surface area contributed by atoms with Crippen molar-refractivity contribution < 1.29 is 9.53 Å². The average Bonchev–Trinajstić information content (AvgIpc) is 3.53. The Hall–Kier alpha value is -3.10. The fourth-order valence-corrected chi connectivity index (χ4v) is 5.68. The van der Waals surface area contributed by atoms with E-state index in [1.807, 2.05) is 52.4 Å². The molecule has 4 aromatic rings. The number of fused-ring (bicyclic) bond motifs is 1. The summed E-state index contributed by atoms with van der Waals surface area (Å²) >= 11 is 2.98. The van der Waals surface area contributed by atoms with Gasteiger partial charge in [-0.1, -0.05) is 54.2 Å². The summed E-state index contributed by atoms with van der Waals surface area (Å²) in [6.07, 6.45) is 3.12. The lowest BCUT2D eigenvalue weighted by atomic mass is 9.88. The van der Waals surface area contributed by atoms with Gasteiger partial charge in [-0.3, -0.25) is 9.36 Å². The molecule has 168 valence electrons. The summed E-state index contributed by atoms with van der Waals surface area (Å²) < 4.78 is 7.57. The van der Waals surface area contributed by atoms with E-state index < -0.39 is 0 Å². The summed E-state index contributed by atoms with van der Waals surface area (Å²) in [5.74, 6) is 1.71. The normalized spacial score (nSPS) is 15.1. The van der Waals surface area contributed by atoms with Crippen LogP contribution in [0.1, 0.15) is 30.0 Å². The highest BCUT2D eigenvalue weighted by Crippen LogP contribution is 2.34. The smallest absolute Gasteiger partial charge is 0.230 e. The number of hydrogen-bond acceptors (Lipinski definition) is 6. The third-order valence-electron chi connectivity index (χ3n) is 5.74. The van der Waals surface area contributed by atoms with Gasteiger partial charge in [0.15, 0.2) is 11.0 Å². The molecule has 6 nitrogen and oxygen atoms in total. The van der Waals surface area contributed by atoms with Gasteiger partial charge in [0.2, 0.25) is 5.91 Å². The van der Waals surface area contributed by atoms with Gasteiger partial charge >= 0.3 is 0 Å². The first-order valence-electron chi connectivity index (χ1n) is 10.9. The molecule has 1 atom stereocenters. The van der Waals surface area contributed by atoms with Crippen LogP contribution in [0.15, 0.2) is 71.2 Å². The number of rotatable bonds is 7. The first-order chi connectivity index (χ1) is 16.2. The van der Waals surface area contributed by atoms with Crippen molar-refractivity contribution in [1.82, 2.24) is 20.1 Å². The zero-order valence-electron chi connectivity index (χ0n) is 18.2. The molecule has 0 radical (unpaired) electrons. The van der Waals surface area contributed by atoms with Crippen LogP contribution in [0.2, 0.25) is 0 Å². The molecule has 33 heavy (non-hydrogen) atoms. The number of methoxy groups -OCH3 is 1. The number of para-hydroxylation sites is 2. The highest BCUT2D eigenvalue weighted by molar-refractivity contribution is 7.99. The van der Waals surface area contributed by atoms with Crippen LogP contribution in [0.25, 0.3) is 16.4 Å². The van der Waals surface area contributed by atoms with E-state index in [0.29, 0.717) is 5.16 Å². The quantitative estimate of drug-likeness (QED) is 0.367. The molecule has 8 heteroatoms. The minimum Gasteiger partial charge on any atom is -0.495 e. The van der Waals surface area contributed by atoms with Gasteiger partial charge in [0, 0.05) is 0 Å². The number of nitrogens with one attached hydrogen (secondary N) is 1. The van der Waals surface area contributed by atoms with Crippen molar-refractivity contribution in [3.05, 3.63) is 77.2 Å². The highest BCUT2D eigenvalue weighted by atomic mass is 32.2. The van der Waals surface area contributed by atoms with Gasteiger partial charge in [0.05, 0.1) is 29.5 Å². The molecule has 0 fully saturated rings. The van der Waals surface area contributed by atoms with Crippen LogP contribution in [0, 0.1) is 0 Å². The molecule has 0 bridgehead atoms. The lowest BCUT2D eigenvalue weighted by molar-refractivity contribution is -0.119. The number of carbonyl (C=O) groups is 1. The second-order valence-corrected chi connectivity index (χ2v) is 9.68. The van der Waals surface area contributed by atoms with Gasteiger partial charge in [-0.05, 0) is 54.0 Å². The predicted octanol–water partition coefficient (Wildman–Crippen LogP) is 5.29. The highest BCUT2D eigenvalue weighted by Gasteiger charge is 2.23. The molecule has 2 heterocycles. The monoisotopic (exact) mass is 476 g/mol. The number of aryl methyl sites for hydroxylation is 1. The summed E-state index contributed by atoms with van der Waals surface area (Å²) in [5, 5.41) is 14.8. The second kappa shape index (κ2) is 9.80. The molecular weight excluding hydrogens is 452 g/mol. The zero-order chi connectivity index (χ0) is 22.6. The molecule has 0 saturated heterocycles. The van der Waals surface area contributed by atoms with Crippen LogP contribution in [0.3, 0.4) is 0 Å². The average molecular weight is 477 g/mol. The molecule has 2 aromatic heterocycles. The molecule has 1 N–H and O–H groups in total. The van der Waals surface area contributed by atoms with Crippen LogP contribution in [0.4, 0.5) is 0 Å². The third-order valence-corrected chi connectivity index (χ3v) is 7.53. The van der Waals surface area contributed by atoms with E-state index in [9.17, 15) is 4.79 Å². The van der Waals surface area contributed by atoms with Crippen LogP contribution in [-0.2, 0) is 11.2 Å². The Morgan fingerprint density at radius 1 is 1.15 bits per heavy atom. The summed E-state index contributed by atoms with van der Waals surface area (Å²) in [5.41, 5.74) is 3.41. The summed E-state index contributed by atoms with van der Waals surface area (Å²) in [6.45, 7) is 0. The Morgan fingerprint density at radius 2 is 2.00 bits per heavy atom. The van der Waals surface area contributed by atoms with Crippen molar-refractivity contribution in [1.29, 1.82) is 0 Å². The van der Waals surface area contributed by atoms with Crippen LogP contribution in [-0.4, -0.2) is 33.5 Å². The molecule has 0 saturated carbocycles. The SMILES string of the molecule is COc1ccccc1-n1c(SCC(=O)N[C@@H]2CCCc3ccccc32)nnc1-c1cccs1. The number of thiophene rings is 1. The molecule has 2 aromatic carbocycles. The van der Waals surface area contributed by atoms with E-state index in [1.54, 1.807) is 18.4 Å². The number of benzene rings is 2. The Labute approximate surface area is 201 Å². The van der Waals surface area contributed by atoms with Gasteiger partial charge in [-0.2, -0.15) is 0 Å². The van der Waals surface area contributed by atoms with Crippen molar-refractivity contribution in [3.63, 3.8) is 0 Å². The first kappa shape index (κ1) is 21.7. The maximum Gasteiger partial charge on any atom is 0.230 e. The Balaban J connectivity index is 1.38. The number of carbonyl (C=O) groups excluding carboxylic acids is 1. The number of nitrogens with zero attached hydrogens (tertiary/aromatic N) is 3. The van der Waals surface area contributed by atoms with Gasteiger partial charge in [-0.25, -0.2) is 0 Å². The second-order valence-electron chi connectivity index (χ2n) is 7.79. The van der Waals surface area contributed by atoms with Crippen molar-refractivity contribution >= 4 is 29.0 Å². The molecule has 0 aliphatic heterocycles. The molecule has 1 amide bonds. The van der Waals surface area contributed by atoms with E-state index in [0.717, 1.165) is 41.4 Å². The molecule has 1 aliphatic rings. The number of amides is 1. The third kappa shape index (κ3) is 4.54. The number of thioether (sulfide) groups is 1. The summed E-state index contributed by atoms with van der Waals surface area (Å²) in [6, 6.07) is 20.2. The largest absolute Gasteiger partial charge is 0.495 e. The fraction of sp³-hybridized carbons (Fsp3) is 0.240. The van der Waals surface area contributed by atoms with E-state index in [2.05, 4.69) is 33.7 Å². The van der Waals surface area contributed by atoms with E-state index in [1.165, 1.54) is 22.9 Å². The number of aromatic nitrogens is 3. The zero-order valence-corrected chi connectivity index (χ0v) is 19.9. The van der Waals surface area contributed by atoms with Crippen molar-refractivity contribution in [2.24, 2.45) is 0 Å². The lowest BCUT2D eigenvalue weighted by Gasteiger charge is -2.26. The fourth-order valence-electron chi connectivity index (χ4n) is 4.23. The van der Waals surface area contributed by atoms with E-state index in [4.69, 9.17) is 4.74 Å². The van der Waals surface area contributed by atoms with Crippen LogP contribution >= 0.6 is 23.1 Å². The molecule has 1 aliphatic carbocycles. The Kier molecular flexibility index (Phi) is 6.46. The maximum atomic E-state index is 12.9. The van der Waals surface area contributed by atoms with Crippen molar-refractivity contribution in [2.45, 2.75) is 30.5 Å². The predicted molar refractivity (Wildman–Crippen MR) is 132 cm³/mol. The van der Waals surface area contributed by atoms with Crippen LogP contribution in [0.5, 0.6) is 5.75 Å².